The van der Waals surface area contributed by atoms with Gasteiger partial charge in [-0.3, -0.25) is 4.98 Å². The topological polar surface area (TPSA) is 47.2 Å². The third kappa shape index (κ3) is 4.34. The first-order valence-corrected chi connectivity index (χ1v) is 12.4. The summed E-state index contributed by atoms with van der Waals surface area (Å²) >= 11 is 12.7. The molecule has 0 bridgehead atoms. The minimum atomic E-state index is -0.0704. The normalized spacial score (nSPS) is 25.4. The van der Waals surface area contributed by atoms with Crippen LogP contribution in [0.25, 0.3) is 0 Å². The summed E-state index contributed by atoms with van der Waals surface area (Å²) in [5.41, 5.74) is 5.25. The molecule has 5 rings (SSSR count). The van der Waals surface area contributed by atoms with Crippen LogP contribution in [0.15, 0.2) is 54.7 Å². The van der Waals surface area contributed by atoms with Crippen molar-refractivity contribution in [3.63, 3.8) is 0 Å². The molecule has 0 saturated carbocycles. The number of nitrogens with zero attached hydrogens (tertiary/aromatic N) is 3. The van der Waals surface area contributed by atoms with E-state index >= 15 is 0 Å². The largest absolute Gasteiger partial charge is 0.370 e. The Morgan fingerprint density at radius 1 is 1.06 bits per heavy atom. The lowest BCUT2D eigenvalue weighted by Gasteiger charge is -2.37. The highest BCUT2D eigenvalue weighted by molar-refractivity contribution is 7.80. The van der Waals surface area contributed by atoms with Crippen LogP contribution < -0.4 is 15.1 Å². The number of nitrogens with one attached hydrogen (secondary N) is 2. The van der Waals surface area contributed by atoms with Crippen molar-refractivity contribution >= 4 is 40.3 Å². The molecule has 0 spiro atoms. The smallest absolute Gasteiger partial charge is 0.174 e. The van der Waals surface area contributed by atoms with Crippen LogP contribution in [-0.2, 0) is 0 Å². The number of aryl methyl sites for hydroxylation is 1. The van der Waals surface area contributed by atoms with E-state index in [-0.39, 0.29) is 12.1 Å². The first-order chi connectivity index (χ1) is 15.9. The molecule has 0 amide bonds. The maximum absolute atomic E-state index is 6.88. The minimum Gasteiger partial charge on any atom is -0.370 e. The molecule has 4 atom stereocenters. The second-order valence-corrected chi connectivity index (χ2v) is 10.4. The van der Waals surface area contributed by atoms with Gasteiger partial charge in [0.05, 0.1) is 22.4 Å². The zero-order chi connectivity index (χ0) is 23.1. The summed E-state index contributed by atoms with van der Waals surface area (Å²) in [6, 6.07) is 16.4. The quantitative estimate of drug-likeness (QED) is 0.447. The average molecular weight is 480 g/mol. The Balaban J connectivity index is 1.51. The van der Waals surface area contributed by atoms with Gasteiger partial charge in [-0.05, 0) is 79.9 Å². The zero-order valence-electron chi connectivity index (χ0n) is 19.3. The molecule has 2 aliphatic rings. The highest BCUT2D eigenvalue weighted by atomic mass is 35.5. The molecule has 2 saturated heterocycles. The highest BCUT2D eigenvalue weighted by Gasteiger charge is 2.41. The Hall–Kier alpha value is -2.57. The van der Waals surface area contributed by atoms with E-state index in [0.717, 1.165) is 46.6 Å². The van der Waals surface area contributed by atoms with Gasteiger partial charge in [-0.15, -0.1) is 0 Å². The third-order valence-corrected chi connectivity index (χ3v) is 7.31. The Labute approximate surface area is 206 Å². The number of aromatic amines is 1. The molecule has 4 heterocycles. The molecule has 2 aromatic heterocycles. The van der Waals surface area contributed by atoms with E-state index in [2.05, 4.69) is 76.2 Å². The van der Waals surface area contributed by atoms with Crippen molar-refractivity contribution in [3.05, 3.63) is 76.8 Å². The predicted molar refractivity (Wildman–Crippen MR) is 140 cm³/mol. The van der Waals surface area contributed by atoms with Crippen LogP contribution in [0.5, 0.6) is 0 Å². The van der Waals surface area contributed by atoms with Crippen LogP contribution in [0.4, 0.5) is 11.4 Å². The fourth-order valence-electron chi connectivity index (χ4n) is 5.41. The van der Waals surface area contributed by atoms with E-state index in [9.17, 15) is 0 Å². The maximum atomic E-state index is 6.88. The number of aromatic nitrogens is 2. The first-order valence-electron chi connectivity index (χ1n) is 11.6. The van der Waals surface area contributed by atoms with E-state index in [1.807, 2.05) is 24.4 Å². The fraction of sp³-hybridized carbons (Fsp3) is 0.385. The number of thiocarbonyl (C=S) groups is 1. The van der Waals surface area contributed by atoms with Gasteiger partial charge in [0, 0.05) is 36.4 Å². The van der Waals surface area contributed by atoms with E-state index < -0.39 is 0 Å². The molecule has 0 aliphatic carbocycles. The Kier molecular flexibility index (Phi) is 6.06. The van der Waals surface area contributed by atoms with Crippen molar-refractivity contribution in [2.24, 2.45) is 11.8 Å². The molecular weight excluding hydrogens is 450 g/mol. The molecule has 2 fully saturated rings. The van der Waals surface area contributed by atoms with Crippen molar-refractivity contribution in [1.82, 2.24) is 15.3 Å². The summed E-state index contributed by atoms with van der Waals surface area (Å²) in [4.78, 5) is 12.7. The summed E-state index contributed by atoms with van der Waals surface area (Å²) in [6.07, 6.45) is 3.10. The molecule has 0 radical (unpaired) electrons. The van der Waals surface area contributed by atoms with Gasteiger partial charge in [0.25, 0.3) is 0 Å². The first kappa shape index (κ1) is 22.2. The number of hydrogen-bond acceptors (Lipinski definition) is 3. The van der Waals surface area contributed by atoms with E-state index in [1.54, 1.807) is 0 Å². The molecule has 7 heteroatoms. The second-order valence-electron chi connectivity index (χ2n) is 9.58. The Morgan fingerprint density at radius 2 is 1.85 bits per heavy atom. The number of hydrogen-bond donors (Lipinski definition) is 2. The van der Waals surface area contributed by atoms with Gasteiger partial charge in [-0.25, -0.2) is 0 Å². The molecule has 2 aliphatic heterocycles. The molecule has 5 nitrogen and oxygen atoms in total. The molecule has 172 valence electrons. The van der Waals surface area contributed by atoms with Crippen LogP contribution in [0, 0.1) is 18.8 Å². The standard InChI is InChI=1S/C26H30ClN5S/c1-16-12-17(2)15-31(14-16)23-10-8-19(13-20(23)27)32-25(22-9-7-18(3)29-22)24(30-26(32)33)21-6-4-5-11-28-21/h4-11,13,16-17,24-25,29H,12,14-15H2,1-3H3,(H,30,33). The molecule has 1 aromatic carbocycles. The van der Waals surface area contributed by atoms with Gasteiger partial charge < -0.3 is 20.1 Å². The lowest BCUT2D eigenvalue weighted by molar-refractivity contribution is 0.357. The van der Waals surface area contributed by atoms with Gasteiger partial charge >= 0.3 is 0 Å². The summed E-state index contributed by atoms with van der Waals surface area (Å²) in [7, 11) is 0. The highest BCUT2D eigenvalue weighted by Crippen LogP contribution is 2.43. The Bertz CT molecular complexity index is 1140. The number of rotatable bonds is 4. The number of benzene rings is 1. The lowest BCUT2D eigenvalue weighted by Crippen LogP contribution is -2.38. The zero-order valence-corrected chi connectivity index (χ0v) is 20.8. The van der Waals surface area contributed by atoms with Gasteiger partial charge in [0.2, 0.25) is 0 Å². The van der Waals surface area contributed by atoms with Gasteiger partial charge in [0.15, 0.2) is 5.11 Å². The fourth-order valence-corrected chi connectivity index (χ4v) is 6.05. The second kappa shape index (κ2) is 8.99. The number of H-pyrrole nitrogens is 1. The molecule has 3 aromatic rings. The molecule has 33 heavy (non-hydrogen) atoms. The maximum Gasteiger partial charge on any atom is 0.174 e. The average Bonchev–Trinajstić information content (AvgIpc) is 3.36. The van der Waals surface area contributed by atoms with Crippen molar-refractivity contribution in [3.8, 4) is 0 Å². The van der Waals surface area contributed by atoms with Crippen molar-refractivity contribution < 1.29 is 0 Å². The third-order valence-electron chi connectivity index (χ3n) is 6.69. The number of halogens is 1. The Morgan fingerprint density at radius 3 is 2.48 bits per heavy atom. The summed E-state index contributed by atoms with van der Waals surface area (Å²) in [5, 5.41) is 4.94. The summed E-state index contributed by atoms with van der Waals surface area (Å²) in [6.45, 7) is 8.79. The molecule has 2 N–H and O–H groups in total. The van der Waals surface area contributed by atoms with E-state index in [0.29, 0.717) is 16.9 Å². The minimum absolute atomic E-state index is 0.0574. The lowest BCUT2D eigenvalue weighted by atomic mass is 9.91. The van der Waals surface area contributed by atoms with E-state index in [1.165, 1.54) is 6.42 Å². The van der Waals surface area contributed by atoms with Crippen molar-refractivity contribution in [1.29, 1.82) is 0 Å². The van der Waals surface area contributed by atoms with Crippen molar-refractivity contribution in [2.45, 2.75) is 39.3 Å². The number of anilines is 2. The van der Waals surface area contributed by atoms with Gasteiger partial charge in [0.1, 0.15) is 6.04 Å². The summed E-state index contributed by atoms with van der Waals surface area (Å²) < 4.78 is 0. The van der Waals surface area contributed by atoms with Gasteiger partial charge in [-0.1, -0.05) is 31.5 Å². The van der Waals surface area contributed by atoms with Crippen LogP contribution in [-0.4, -0.2) is 28.2 Å². The van der Waals surface area contributed by atoms with Crippen LogP contribution >= 0.6 is 23.8 Å². The van der Waals surface area contributed by atoms with Crippen LogP contribution in [0.1, 0.15) is 49.4 Å². The SMILES string of the molecule is Cc1ccc(C2C(c3ccccn3)NC(=S)N2c2ccc(N3CC(C)CC(C)C3)c(Cl)c2)[nH]1. The number of piperidine rings is 1. The van der Waals surface area contributed by atoms with Crippen LogP contribution in [0.3, 0.4) is 0 Å². The van der Waals surface area contributed by atoms with Crippen molar-refractivity contribution in [2.75, 3.05) is 22.9 Å². The van der Waals surface area contributed by atoms with Gasteiger partial charge in [-0.2, -0.15) is 0 Å². The number of pyridine rings is 1. The molecule has 4 unspecified atom stereocenters. The van der Waals surface area contributed by atoms with E-state index in [4.69, 9.17) is 23.8 Å². The summed E-state index contributed by atoms with van der Waals surface area (Å²) in [5.74, 6) is 1.33. The van der Waals surface area contributed by atoms with Crippen LogP contribution in [0.2, 0.25) is 5.02 Å². The monoisotopic (exact) mass is 479 g/mol. The predicted octanol–water partition coefficient (Wildman–Crippen LogP) is 6.03. The molecular formula is C26H30ClN5S.